The first-order chi connectivity index (χ1) is 41.7. The Morgan fingerprint density at radius 1 is 0.575 bits per heavy atom. The van der Waals surface area contributed by atoms with E-state index in [0.717, 1.165) is 187 Å². The van der Waals surface area contributed by atoms with Crippen molar-refractivity contribution in [2.75, 3.05) is 40.2 Å². The van der Waals surface area contributed by atoms with Crippen molar-refractivity contribution < 1.29 is 24.8 Å². The highest BCUT2D eigenvalue weighted by molar-refractivity contribution is 9.10. The summed E-state index contributed by atoms with van der Waals surface area (Å²) in [4.78, 5) is 17.5. The van der Waals surface area contributed by atoms with Gasteiger partial charge in [0.05, 0.1) is 92.0 Å². The van der Waals surface area contributed by atoms with Crippen molar-refractivity contribution in [2.45, 2.75) is 198 Å². The fraction of sp³-hybridized carbons (Fsp3) is 0.524. The molecule has 9 aromatic rings. The van der Waals surface area contributed by atoms with E-state index in [-0.39, 0.29) is 60.0 Å². The van der Waals surface area contributed by atoms with Crippen molar-refractivity contribution in [3.05, 3.63) is 77.7 Å². The number of nitrogens with zero attached hydrogens (tertiary/aromatic N) is 8. The van der Waals surface area contributed by atoms with Gasteiger partial charge in [-0.3, -0.25) is 5.10 Å². The number of anilines is 5. The zero-order valence-electron chi connectivity index (χ0n) is 50.6. The Bertz CT molecular complexity index is 3700. The molecule has 2 saturated heterocycles. The molecule has 14 rings (SSSR count). The van der Waals surface area contributed by atoms with E-state index in [0.29, 0.717) is 5.82 Å². The van der Waals surface area contributed by atoms with E-state index in [1.807, 2.05) is 40.0 Å². The molecule has 9 aromatic heterocycles. The Labute approximate surface area is 528 Å². The number of fused-ring (bicyclic) bond motifs is 3. The lowest BCUT2D eigenvalue weighted by Crippen LogP contribution is -2.26. The van der Waals surface area contributed by atoms with Crippen LogP contribution in [0.1, 0.15) is 150 Å². The topological polar surface area (TPSA) is 282 Å². The number of hydrogen-bond acceptors (Lipinski definition) is 20. The van der Waals surface area contributed by atoms with Crippen LogP contribution in [0.4, 0.5) is 28.8 Å². The Kier molecular flexibility index (Phi) is 19.9. The summed E-state index contributed by atoms with van der Waals surface area (Å²) in [5.74, 6) is 2.24. The number of aromatic nitrogens is 9. The van der Waals surface area contributed by atoms with Crippen LogP contribution in [0.2, 0.25) is 0 Å². The van der Waals surface area contributed by atoms with Gasteiger partial charge in [-0.1, -0.05) is 0 Å². The van der Waals surface area contributed by atoms with Crippen molar-refractivity contribution in [1.82, 2.24) is 44.7 Å². The summed E-state index contributed by atoms with van der Waals surface area (Å²) in [5.41, 5.74) is 19.4. The second kappa shape index (κ2) is 27.5. The molecule has 2 aliphatic heterocycles. The molecular weight excluding hydrogens is 1220 g/mol. The summed E-state index contributed by atoms with van der Waals surface area (Å²) in [6, 6.07) is 19.3. The molecule has 24 heteroatoms. The van der Waals surface area contributed by atoms with E-state index in [2.05, 4.69) is 141 Å². The number of hydrogen-bond donors (Lipinski definition) is 10. The predicted octanol–water partition coefficient (Wildman–Crippen LogP) is 13.7. The number of aliphatic hydroxyl groups is 3. The van der Waals surface area contributed by atoms with Crippen LogP contribution in [0.3, 0.4) is 0 Å². The molecule has 5 fully saturated rings. The Hall–Kier alpha value is -5.80. The average Bonchev–Trinajstić information content (AvgIpc) is 2.26. The third kappa shape index (κ3) is 16.2. The molecule has 12 N–H and O–H groups in total. The van der Waals surface area contributed by atoms with Crippen molar-refractivity contribution in [1.29, 1.82) is 0 Å². The number of thiophene rings is 3. The van der Waals surface area contributed by atoms with Gasteiger partial charge in [0, 0.05) is 77.6 Å². The van der Waals surface area contributed by atoms with Crippen LogP contribution in [0.5, 0.6) is 0 Å². The molecule has 0 aromatic carbocycles. The molecule has 2 unspecified atom stereocenters. The lowest BCUT2D eigenvalue weighted by atomic mass is 10.1. The van der Waals surface area contributed by atoms with Crippen LogP contribution in [-0.2, 0) is 9.47 Å². The standard InChI is InChI=1S/C24H33N5O2S.C19H23BrN4OS.C15H17N5OS.C5H11NO/c1-24(2,3)28-21-14-18(26-15-7-8-16(30)12-15)23-17(27-21)13-20(32-23)19-9-10-25-29(19)22-6-4-5-11-31-22;1-19(2,3)23-16-10-12(20)18-13(22-16)11-15(26-18)14-7-8-21-24(14)17-6-4-5-9-25-17;16-14-7-12(18-8-1-2-9(21)5-8)15-11(19-14)6-13(22-15)10-3-4-17-20-10;6-4-1-2-5(7)3-4/h9-10,13-16,22,30H,4-8,11-12H2,1-3H3,(H2,26,27,28);7-8,10-11,17H,4-6,9H2,1-3H3,(H,22,23);3-4,6-9,21H,1-2,5H2,(H,17,20)(H3,16,18,19);4-5,7H,1-3,6H2/t15-,16-,22?;;8-,9-;4-,5-/m0.00/s1. The van der Waals surface area contributed by atoms with Crippen LogP contribution in [0.15, 0.2) is 77.7 Å². The summed E-state index contributed by atoms with van der Waals surface area (Å²) in [7, 11) is 0. The fourth-order valence-electron chi connectivity index (χ4n) is 11.9. The Morgan fingerprint density at radius 3 is 1.54 bits per heavy atom. The normalized spacial score (nSPS) is 23.2. The first-order valence-electron chi connectivity index (χ1n) is 30.7. The summed E-state index contributed by atoms with van der Waals surface area (Å²) < 4.78 is 20.4. The van der Waals surface area contributed by atoms with Crippen LogP contribution in [0.25, 0.3) is 62.4 Å². The molecule has 0 spiro atoms. The maximum atomic E-state index is 10.00. The molecule has 20 nitrogen and oxygen atoms in total. The minimum Gasteiger partial charge on any atom is -0.393 e. The van der Waals surface area contributed by atoms with E-state index in [4.69, 9.17) is 36.0 Å². The number of nitrogen functional groups attached to an aromatic ring is 1. The van der Waals surface area contributed by atoms with E-state index < -0.39 is 0 Å². The van der Waals surface area contributed by atoms with Crippen LogP contribution in [-0.4, -0.2) is 121 Å². The first-order valence-corrected chi connectivity index (χ1v) is 33.9. The Balaban J connectivity index is 0.000000130. The molecule has 0 bridgehead atoms. The number of aromatic amines is 1. The zero-order valence-corrected chi connectivity index (χ0v) is 54.6. The van der Waals surface area contributed by atoms with Crippen molar-refractivity contribution in [3.63, 3.8) is 0 Å². The van der Waals surface area contributed by atoms with Gasteiger partial charge >= 0.3 is 0 Å². The molecule has 87 heavy (non-hydrogen) atoms. The van der Waals surface area contributed by atoms with Gasteiger partial charge in [0.25, 0.3) is 0 Å². The largest absolute Gasteiger partial charge is 0.393 e. The zero-order chi connectivity index (χ0) is 61.0. The highest BCUT2D eigenvalue weighted by atomic mass is 79.9. The number of nitrogens with one attached hydrogen (secondary N) is 5. The quantitative estimate of drug-likeness (QED) is 0.0576. The van der Waals surface area contributed by atoms with E-state index >= 15 is 0 Å². The smallest absolute Gasteiger partial charge is 0.150 e. The van der Waals surface area contributed by atoms with Crippen molar-refractivity contribution >= 4 is 109 Å². The van der Waals surface area contributed by atoms with Gasteiger partial charge in [-0.2, -0.15) is 15.3 Å². The van der Waals surface area contributed by atoms with E-state index in [1.54, 1.807) is 40.2 Å². The van der Waals surface area contributed by atoms with Gasteiger partial charge < -0.3 is 57.5 Å². The van der Waals surface area contributed by atoms with Gasteiger partial charge in [-0.25, -0.2) is 24.3 Å². The molecule has 0 radical (unpaired) electrons. The number of pyridine rings is 3. The first kappa shape index (κ1) is 62.8. The van der Waals surface area contributed by atoms with Crippen LogP contribution in [0, 0.1) is 0 Å². The second-order valence-corrected chi connectivity index (χ2v) is 29.7. The van der Waals surface area contributed by atoms with Gasteiger partial charge in [0.15, 0.2) is 12.5 Å². The molecule has 5 aliphatic rings. The minimum atomic E-state index is -0.208. The molecule has 0 amide bonds. The van der Waals surface area contributed by atoms with E-state index in [1.165, 1.54) is 12.8 Å². The number of H-pyrrole nitrogens is 1. The van der Waals surface area contributed by atoms with Gasteiger partial charge in [-0.05, 0) is 196 Å². The number of nitrogens with two attached hydrogens (primary N) is 2. The molecule has 3 aliphatic carbocycles. The van der Waals surface area contributed by atoms with E-state index in [9.17, 15) is 10.2 Å². The lowest BCUT2D eigenvalue weighted by Gasteiger charge is -2.24. The number of ether oxygens (including phenoxy) is 2. The minimum absolute atomic E-state index is 0.00242. The summed E-state index contributed by atoms with van der Waals surface area (Å²) in [6.07, 6.45) is 19.5. The molecule has 8 atom stereocenters. The van der Waals surface area contributed by atoms with Crippen molar-refractivity contribution in [2.24, 2.45) is 5.73 Å². The summed E-state index contributed by atoms with van der Waals surface area (Å²) in [6.45, 7) is 14.4. The van der Waals surface area contributed by atoms with Gasteiger partial charge in [0.1, 0.15) is 17.5 Å². The monoisotopic (exact) mass is 1310 g/mol. The number of rotatable bonds is 11. The molecule has 466 valence electrons. The summed E-state index contributed by atoms with van der Waals surface area (Å²) in [5, 5.41) is 58.8. The lowest BCUT2D eigenvalue weighted by molar-refractivity contribution is -0.0384. The summed E-state index contributed by atoms with van der Waals surface area (Å²) >= 11 is 8.84. The maximum absolute atomic E-state index is 10.00. The average molecular weight is 1310 g/mol. The number of aliphatic hydroxyl groups excluding tert-OH is 3. The van der Waals surface area contributed by atoms with Crippen molar-refractivity contribution in [3.8, 4) is 31.7 Å². The number of halogens is 1. The third-order valence-corrected chi connectivity index (χ3v) is 20.3. The van der Waals surface area contributed by atoms with Crippen LogP contribution < -0.4 is 32.7 Å². The fourth-order valence-corrected chi connectivity index (χ4v) is 15.7. The Morgan fingerprint density at radius 2 is 1.07 bits per heavy atom. The third-order valence-electron chi connectivity index (χ3n) is 15.9. The molecule has 11 heterocycles. The molecule has 3 saturated carbocycles. The predicted molar refractivity (Wildman–Crippen MR) is 358 cm³/mol. The van der Waals surface area contributed by atoms with Gasteiger partial charge in [-0.15, -0.1) is 34.0 Å². The second-order valence-electron chi connectivity index (χ2n) is 25.6. The SMILES string of the molecule is CC(C)(C)Nc1cc(Br)c2sc(-c3ccnn3C3CCCCO3)cc2n1.CC(C)(C)Nc1cc(N[C@H]2CC[C@H](O)C2)c2sc(-c3ccnn3C3CCCCO3)cc2n1.N[C@H]1CC[C@H](O)C1.Nc1cc(N[C@H]2CC[C@H](O)C2)c2sc(-c3ccn[nH]3)cc2n1. The highest BCUT2D eigenvalue weighted by Gasteiger charge is 2.28. The maximum Gasteiger partial charge on any atom is 0.150 e. The van der Waals surface area contributed by atoms with Crippen LogP contribution >= 0.6 is 49.9 Å². The highest BCUT2D eigenvalue weighted by Crippen LogP contribution is 2.43. The van der Waals surface area contributed by atoms with Gasteiger partial charge in [0.2, 0.25) is 0 Å². The molecular formula is C63H84BrN15O5S3.